The van der Waals surface area contributed by atoms with Gasteiger partial charge in [-0.1, -0.05) is 23.9 Å². The third-order valence-electron chi connectivity index (χ3n) is 2.19. The maximum absolute atomic E-state index is 13.7. The Morgan fingerprint density at radius 1 is 1.38 bits per heavy atom. The SMILES string of the molecule is C[C@H](N)c1ccc(Sc2cccs2)c(F)c1. The van der Waals surface area contributed by atoms with E-state index in [4.69, 9.17) is 5.73 Å². The van der Waals surface area contributed by atoms with Gasteiger partial charge in [0.25, 0.3) is 0 Å². The first-order chi connectivity index (χ1) is 7.66. The molecule has 1 heterocycles. The van der Waals surface area contributed by atoms with Gasteiger partial charge in [-0.2, -0.15) is 0 Å². The molecule has 1 atom stereocenters. The molecule has 84 valence electrons. The first-order valence-corrected chi connectivity index (χ1v) is 6.63. The van der Waals surface area contributed by atoms with E-state index in [0.29, 0.717) is 4.90 Å². The minimum Gasteiger partial charge on any atom is -0.324 e. The zero-order valence-electron chi connectivity index (χ0n) is 8.81. The summed E-state index contributed by atoms with van der Waals surface area (Å²) in [6, 6.07) is 8.99. The van der Waals surface area contributed by atoms with Crippen LogP contribution in [0.3, 0.4) is 0 Å². The molecule has 1 aromatic carbocycles. The number of hydrogen-bond donors (Lipinski definition) is 1. The summed E-state index contributed by atoms with van der Waals surface area (Å²) in [6.07, 6.45) is 0. The zero-order chi connectivity index (χ0) is 11.5. The third kappa shape index (κ3) is 2.64. The van der Waals surface area contributed by atoms with Crippen molar-refractivity contribution in [2.24, 2.45) is 5.73 Å². The Labute approximate surface area is 102 Å². The van der Waals surface area contributed by atoms with Crippen LogP contribution in [-0.4, -0.2) is 0 Å². The van der Waals surface area contributed by atoms with Crippen LogP contribution in [0.15, 0.2) is 44.8 Å². The van der Waals surface area contributed by atoms with Gasteiger partial charge in [0.05, 0.1) is 4.21 Å². The average Bonchev–Trinajstić information content (AvgIpc) is 2.73. The van der Waals surface area contributed by atoms with E-state index in [0.717, 1.165) is 9.77 Å². The largest absolute Gasteiger partial charge is 0.324 e. The molecule has 0 radical (unpaired) electrons. The number of halogens is 1. The molecule has 0 saturated heterocycles. The van der Waals surface area contributed by atoms with Crippen LogP contribution in [0.4, 0.5) is 4.39 Å². The summed E-state index contributed by atoms with van der Waals surface area (Å²) in [5.74, 6) is -0.201. The lowest BCUT2D eigenvalue weighted by Crippen LogP contribution is -2.05. The molecule has 0 bridgehead atoms. The minimum absolute atomic E-state index is 0.129. The fraction of sp³-hybridized carbons (Fsp3) is 0.167. The van der Waals surface area contributed by atoms with Gasteiger partial charge in [0.15, 0.2) is 0 Å². The van der Waals surface area contributed by atoms with E-state index in [1.807, 2.05) is 30.5 Å². The lowest BCUT2D eigenvalue weighted by atomic mass is 10.1. The van der Waals surface area contributed by atoms with Gasteiger partial charge in [-0.05, 0) is 36.1 Å². The molecule has 2 aromatic rings. The Morgan fingerprint density at radius 2 is 2.19 bits per heavy atom. The normalized spacial score (nSPS) is 12.7. The van der Waals surface area contributed by atoms with E-state index in [1.165, 1.54) is 17.8 Å². The van der Waals surface area contributed by atoms with E-state index in [1.54, 1.807) is 17.4 Å². The second kappa shape index (κ2) is 4.99. The number of benzene rings is 1. The molecule has 2 rings (SSSR count). The fourth-order valence-electron chi connectivity index (χ4n) is 1.31. The van der Waals surface area contributed by atoms with Gasteiger partial charge in [-0.25, -0.2) is 4.39 Å². The van der Waals surface area contributed by atoms with Gasteiger partial charge in [-0.3, -0.25) is 0 Å². The molecule has 1 nitrogen and oxygen atoms in total. The zero-order valence-corrected chi connectivity index (χ0v) is 10.4. The molecule has 2 N–H and O–H groups in total. The van der Waals surface area contributed by atoms with Crippen LogP contribution in [0.1, 0.15) is 18.5 Å². The first kappa shape index (κ1) is 11.6. The van der Waals surface area contributed by atoms with Gasteiger partial charge in [0, 0.05) is 10.9 Å². The van der Waals surface area contributed by atoms with Crippen molar-refractivity contribution < 1.29 is 4.39 Å². The molecule has 0 aliphatic rings. The summed E-state index contributed by atoms with van der Waals surface area (Å²) in [4.78, 5) is 0.645. The van der Waals surface area contributed by atoms with E-state index in [9.17, 15) is 4.39 Å². The molecule has 0 aliphatic carbocycles. The summed E-state index contributed by atoms with van der Waals surface area (Å²) in [7, 11) is 0. The van der Waals surface area contributed by atoms with E-state index >= 15 is 0 Å². The summed E-state index contributed by atoms with van der Waals surface area (Å²) in [6.45, 7) is 1.85. The molecule has 0 unspecified atom stereocenters. The van der Waals surface area contributed by atoms with Gasteiger partial charge in [0.1, 0.15) is 5.82 Å². The van der Waals surface area contributed by atoms with E-state index in [2.05, 4.69) is 0 Å². The summed E-state index contributed by atoms with van der Waals surface area (Å²) in [5, 5.41) is 1.98. The van der Waals surface area contributed by atoms with Crippen molar-refractivity contribution in [3.63, 3.8) is 0 Å². The minimum atomic E-state index is -0.201. The topological polar surface area (TPSA) is 26.0 Å². The molecule has 0 saturated carbocycles. The number of hydrogen-bond acceptors (Lipinski definition) is 3. The van der Waals surface area contributed by atoms with Crippen LogP contribution in [0.25, 0.3) is 0 Å². The Morgan fingerprint density at radius 3 is 2.75 bits per heavy atom. The highest BCUT2D eigenvalue weighted by Crippen LogP contribution is 2.33. The molecule has 1 aromatic heterocycles. The molecule has 16 heavy (non-hydrogen) atoms. The molecule has 4 heteroatoms. The van der Waals surface area contributed by atoms with Crippen molar-refractivity contribution in [3.05, 3.63) is 47.1 Å². The van der Waals surface area contributed by atoms with Gasteiger partial charge in [0.2, 0.25) is 0 Å². The number of nitrogens with two attached hydrogens (primary N) is 1. The van der Waals surface area contributed by atoms with Crippen molar-refractivity contribution in [1.29, 1.82) is 0 Å². The molecule has 0 amide bonds. The Bertz CT molecular complexity index is 466. The summed E-state index contributed by atoms with van der Waals surface area (Å²) < 4.78 is 14.8. The predicted octanol–water partition coefficient (Wildman–Crippen LogP) is 4.06. The smallest absolute Gasteiger partial charge is 0.137 e. The van der Waals surface area contributed by atoms with Crippen LogP contribution in [0.2, 0.25) is 0 Å². The van der Waals surface area contributed by atoms with Crippen molar-refractivity contribution in [2.75, 3.05) is 0 Å². The van der Waals surface area contributed by atoms with Gasteiger partial charge < -0.3 is 5.73 Å². The Hall–Kier alpha value is -0.840. The van der Waals surface area contributed by atoms with Crippen molar-refractivity contribution in [1.82, 2.24) is 0 Å². The lowest BCUT2D eigenvalue weighted by Gasteiger charge is -2.07. The molecular formula is C12H12FNS2. The summed E-state index contributed by atoms with van der Waals surface area (Å²) >= 11 is 3.05. The standard InChI is InChI=1S/C12H12FNS2/c1-8(14)9-4-5-11(10(13)7-9)16-12-3-2-6-15-12/h2-8H,14H2,1H3/t8-/m0/s1. The first-order valence-electron chi connectivity index (χ1n) is 4.93. The van der Waals surface area contributed by atoms with E-state index in [-0.39, 0.29) is 11.9 Å². The van der Waals surface area contributed by atoms with Crippen molar-refractivity contribution in [3.8, 4) is 0 Å². The van der Waals surface area contributed by atoms with Crippen LogP contribution in [-0.2, 0) is 0 Å². The van der Waals surface area contributed by atoms with Gasteiger partial charge in [-0.15, -0.1) is 11.3 Å². The monoisotopic (exact) mass is 253 g/mol. The second-order valence-electron chi connectivity index (χ2n) is 3.51. The highest BCUT2D eigenvalue weighted by Gasteiger charge is 2.08. The lowest BCUT2D eigenvalue weighted by molar-refractivity contribution is 0.596. The maximum Gasteiger partial charge on any atom is 0.137 e. The van der Waals surface area contributed by atoms with Gasteiger partial charge >= 0.3 is 0 Å². The second-order valence-corrected chi connectivity index (χ2v) is 5.80. The quantitative estimate of drug-likeness (QED) is 0.892. The predicted molar refractivity (Wildman–Crippen MR) is 67.4 cm³/mol. The van der Waals surface area contributed by atoms with E-state index < -0.39 is 0 Å². The highest BCUT2D eigenvalue weighted by molar-refractivity contribution is 8.01. The Balaban J connectivity index is 2.23. The highest BCUT2D eigenvalue weighted by atomic mass is 32.2. The van der Waals surface area contributed by atoms with Crippen LogP contribution in [0.5, 0.6) is 0 Å². The number of thiophene rings is 1. The maximum atomic E-state index is 13.7. The average molecular weight is 253 g/mol. The van der Waals surface area contributed by atoms with Crippen molar-refractivity contribution in [2.45, 2.75) is 22.1 Å². The third-order valence-corrected chi connectivity index (χ3v) is 4.28. The molecule has 0 aliphatic heterocycles. The van der Waals surface area contributed by atoms with Crippen molar-refractivity contribution >= 4 is 23.1 Å². The number of rotatable bonds is 3. The van der Waals surface area contributed by atoms with Crippen LogP contribution < -0.4 is 5.73 Å². The molecule has 0 fully saturated rings. The van der Waals surface area contributed by atoms with Crippen LogP contribution in [0, 0.1) is 5.82 Å². The molecule has 0 spiro atoms. The fourth-order valence-corrected chi connectivity index (χ4v) is 3.05. The Kier molecular flexibility index (Phi) is 3.63. The molecular weight excluding hydrogens is 241 g/mol. The summed E-state index contributed by atoms with van der Waals surface area (Å²) in [5.41, 5.74) is 6.52. The van der Waals surface area contributed by atoms with Crippen LogP contribution >= 0.6 is 23.1 Å².